The van der Waals surface area contributed by atoms with Gasteiger partial charge in [0.2, 0.25) is 0 Å². The van der Waals surface area contributed by atoms with Gasteiger partial charge in [0, 0.05) is 37.5 Å². The van der Waals surface area contributed by atoms with Crippen molar-refractivity contribution in [2.75, 3.05) is 19.0 Å². The molecule has 1 saturated heterocycles. The highest BCUT2D eigenvalue weighted by molar-refractivity contribution is 5.76. The van der Waals surface area contributed by atoms with Gasteiger partial charge >= 0.3 is 12.1 Å². The van der Waals surface area contributed by atoms with Gasteiger partial charge in [0.25, 0.3) is 0 Å². The number of carbonyl (C=O) groups excluding carboxylic acids is 2. The van der Waals surface area contributed by atoms with Crippen molar-refractivity contribution in [1.82, 2.24) is 29.7 Å². The zero-order chi connectivity index (χ0) is 28.4. The van der Waals surface area contributed by atoms with Crippen molar-refractivity contribution in [3.05, 3.63) is 35.9 Å². The molecule has 0 unspecified atom stereocenters. The molecule has 1 saturated carbocycles. The number of ether oxygens (including phenoxy) is 4. The summed E-state index contributed by atoms with van der Waals surface area (Å²) in [6.07, 6.45) is 4.43. The van der Waals surface area contributed by atoms with Gasteiger partial charge in [0.15, 0.2) is 12.5 Å². The van der Waals surface area contributed by atoms with Crippen LogP contribution in [-0.2, 0) is 37.1 Å². The molecule has 5 rings (SSSR count). The van der Waals surface area contributed by atoms with Gasteiger partial charge in [-0.1, -0.05) is 13.8 Å². The Kier molecular flexibility index (Phi) is 7.92. The van der Waals surface area contributed by atoms with Crippen LogP contribution in [0.1, 0.15) is 57.5 Å². The summed E-state index contributed by atoms with van der Waals surface area (Å²) in [7, 11) is 1.61. The van der Waals surface area contributed by atoms with Gasteiger partial charge in [-0.25, -0.2) is 19.0 Å². The Bertz CT molecular complexity index is 1370. The van der Waals surface area contributed by atoms with Crippen LogP contribution in [-0.4, -0.2) is 67.8 Å². The van der Waals surface area contributed by atoms with Crippen molar-refractivity contribution in [3.8, 4) is 0 Å². The summed E-state index contributed by atoms with van der Waals surface area (Å²) in [6, 6.07) is 2.91. The van der Waals surface area contributed by atoms with Crippen molar-refractivity contribution in [1.29, 1.82) is 0 Å². The molecule has 3 aromatic heterocycles. The molecule has 1 aliphatic carbocycles. The molecule has 0 bridgehead atoms. The smallest absolute Gasteiger partial charge is 0.407 e. The fourth-order valence-corrected chi connectivity index (χ4v) is 4.32. The number of amides is 1. The molecule has 0 aromatic carbocycles. The first-order valence-electron chi connectivity index (χ1n) is 13.3. The minimum absolute atomic E-state index is 0.0771. The van der Waals surface area contributed by atoms with E-state index in [1.54, 1.807) is 30.1 Å². The van der Waals surface area contributed by atoms with Crippen LogP contribution in [0.5, 0.6) is 0 Å². The van der Waals surface area contributed by atoms with Gasteiger partial charge in [-0.05, 0) is 31.7 Å². The van der Waals surface area contributed by atoms with Crippen molar-refractivity contribution in [2.24, 2.45) is 11.7 Å². The molecule has 1 amide bonds. The first-order chi connectivity index (χ1) is 19.1. The second-order valence-electron chi connectivity index (χ2n) is 10.9. The Hall–Kier alpha value is -3.75. The summed E-state index contributed by atoms with van der Waals surface area (Å²) in [6.45, 7) is 6.12. The summed E-state index contributed by atoms with van der Waals surface area (Å²) in [4.78, 5) is 29.2. The number of esters is 1. The molecule has 3 atom stereocenters. The molecule has 0 radical (unpaired) electrons. The molecule has 40 heavy (non-hydrogen) atoms. The van der Waals surface area contributed by atoms with Gasteiger partial charge < -0.3 is 35.3 Å². The van der Waals surface area contributed by atoms with E-state index in [2.05, 4.69) is 25.8 Å². The standard InChI is InChI=1S/C26H36N8O6/c1-15(2)22(27)24(35)39-14-34-21(29-23-19-9-16(12-37-4)31-33(19)8-7-28-23)11-18(32-34)20-10-17(13-38-20)40-25(36)30-26(3)5-6-26/h7-9,11,15,17,20,22H,5-6,10,12-14,27H2,1-4H3,(H,28,29)(H,30,36)/t17-,20-,22+/m1/s1. The lowest BCUT2D eigenvalue weighted by Gasteiger charge is -2.15. The lowest BCUT2D eigenvalue weighted by molar-refractivity contribution is -0.150. The van der Waals surface area contributed by atoms with Crippen molar-refractivity contribution < 1.29 is 28.5 Å². The van der Waals surface area contributed by atoms with E-state index in [1.165, 1.54) is 4.68 Å². The molecule has 1 aliphatic heterocycles. The summed E-state index contributed by atoms with van der Waals surface area (Å²) in [5.41, 5.74) is 7.86. The van der Waals surface area contributed by atoms with Crippen LogP contribution in [0.4, 0.5) is 16.4 Å². The van der Waals surface area contributed by atoms with E-state index >= 15 is 0 Å². The second kappa shape index (κ2) is 11.4. The van der Waals surface area contributed by atoms with E-state index in [9.17, 15) is 9.59 Å². The highest BCUT2D eigenvalue weighted by Gasteiger charge is 2.40. The number of nitrogens with one attached hydrogen (secondary N) is 2. The van der Waals surface area contributed by atoms with Crippen LogP contribution in [0, 0.1) is 5.92 Å². The van der Waals surface area contributed by atoms with Gasteiger partial charge in [-0.2, -0.15) is 10.2 Å². The highest BCUT2D eigenvalue weighted by Crippen LogP contribution is 2.35. The van der Waals surface area contributed by atoms with Crippen molar-refractivity contribution in [3.63, 3.8) is 0 Å². The van der Waals surface area contributed by atoms with Gasteiger partial charge in [-0.3, -0.25) is 4.79 Å². The van der Waals surface area contributed by atoms with E-state index in [-0.39, 0.29) is 24.8 Å². The zero-order valence-electron chi connectivity index (χ0n) is 23.1. The van der Waals surface area contributed by atoms with E-state index in [1.807, 2.05) is 26.8 Å². The minimum Gasteiger partial charge on any atom is -0.444 e. The third-order valence-electron chi connectivity index (χ3n) is 7.07. The maximum atomic E-state index is 12.5. The number of anilines is 2. The molecule has 4 heterocycles. The average molecular weight is 557 g/mol. The van der Waals surface area contributed by atoms with Crippen LogP contribution < -0.4 is 16.4 Å². The third kappa shape index (κ3) is 6.35. The number of rotatable bonds is 11. The molecule has 14 nitrogen and oxygen atoms in total. The quantitative estimate of drug-likeness (QED) is 0.296. The largest absolute Gasteiger partial charge is 0.444 e. The van der Waals surface area contributed by atoms with Crippen LogP contribution in [0.2, 0.25) is 0 Å². The molecule has 2 aliphatic rings. The normalized spacial score (nSPS) is 20.4. The van der Waals surface area contributed by atoms with Crippen LogP contribution in [0.15, 0.2) is 24.5 Å². The summed E-state index contributed by atoms with van der Waals surface area (Å²) < 4.78 is 25.4. The van der Waals surface area contributed by atoms with Crippen LogP contribution >= 0.6 is 0 Å². The van der Waals surface area contributed by atoms with E-state index in [4.69, 9.17) is 24.7 Å². The lowest BCUT2D eigenvalue weighted by Crippen LogP contribution is -2.37. The number of nitrogens with zero attached hydrogens (tertiary/aromatic N) is 5. The number of hydrogen-bond donors (Lipinski definition) is 3. The monoisotopic (exact) mass is 556 g/mol. The number of nitrogens with two attached hydrogens (primary N) is 1. The summed E-state index contributed by atoms with van der Waals surface area (Å²) in [5.74, 6) is 0.434. The zero-order valence-corrected chi connectivity index (χ0v) is 23.1. The topological polar surface area (TPSA) is 169 Å². The molecular weight excluding hydrogens is 520 g/mol. The predicted molar refractivity (Wildman–Crippen MR) is 142 cm³/mol. The molecular formula is C26H36N8O6. The Morgan fingerprint density at radius 1 is 1.27 bits per heavy atom. The number of fused-ring (bicyclic) bond motifs is 1. The molecule has 0 spiro atoms. The van der Waals surface area contributed by atoms with Crippen molar-refractivity contribution in [2.45, 2.75) is 77.2 Å². The molecule has 3 aromatic rings. The predicted octanol–water partition coefficient (Wildman–Crippen LogP) is 2.41. The minimum atomic E-state index is -0.757. The van der Waals surface area contributed by atoms with E-state index < -0.39 is 30.3 Å². The molecule has 4 N–H and O–H groups in total. The molecule has 216 valence electrons. The van der Waals surface area contributed by atoms with Gasteiger partial charge in [0.1, 0.15) is 29.6 Å². The first-order valence-corrected chi connectivity index (χ1v) is 13.3. The Morgan fingerprint density at radius 3 is 2.80 bits per heavy atom. The maximum absolute atomic E-state index is 12.5. The Labute approximate surface area is 231 Å². The maximum Gasteiger partial charge on any atom is 0.407 e. The first kappa shape index (κ1) is 27.8. The number of hydrogen-bond acceptors (Lipinski definition) is 11. The SMILES string of the molecule is COCc1cc2c(Nc3cc([C@H]4C[C@@H](OC(=O)NC5(C)CC5)CO4)nn3COC(=O)[C@@H](N)C(C)C)nccn2n1. The number of methoxy groups -OCH3 is 1. The fourth-order valence-electron chi connectivity index (χ4n) is 4.32. The van der Waals surface area contributed by atoms with Crippen LogP contribution in [0.3, 0.4) is 0 Å². The number of carbonyl (C=O) groups is 2. The van der Waals surface area contributed by atoms with E-state index in [0.717, 1.165) is 24.1 Å². The number of alkyl carbamates (subject to hydrolysis) is 1. The van der Waals surface area contributed by atoms with E-state index in [0.29, 0.717) is 30.4 Å². The summed E-state index contributed by atoms with van der Waals surface area (Å²) >= 11 is 0. The average Bonchev–Trinajstić information content (AvgIpc) is 3.27. The summed E-state index contributed by atoms with van der Waals surface area (Å²) in [5, 5.41) is 15.3. The van der Waals surface area contributed by atoms with Crippen LogP contribution in [0.25, 0.3) is 5.52 Å². The van der Waals surface area contributed by atoms with Crippen molar-refractivity contribution >= 4 is 29.2 Å². The fraction of sp³-hybridized carbons (Fsp3) is 0.577. The van der Waals surface area contributed by atoms with Gasteiger partial charge in [0.05, 0.1) is 24.6 Å². The lowest BCUT2D eigenvalue weighted by atomic mass is 10.1. The highest BCUT2D eigenvalue weighted by atomic mass is 16.6. The number of aromatic nitrogens is 5. The second-order valence-corrected chi connectivity index (χ2v) is 10.9. The Balaban J connectivity index is 1.34. The molecule has 2 fully saturated rings. The molecule has 14 heteroatoms. The Morgan fingerprint density at radius 2 is 2.08 bits per heavy atom. The third-order valence-corrected chi connectivity index (χ3v) is 7.07. The van der Waals surface area contributed by atoms with Gasteiger partial charge in [-0.15, -0.1) is 0 Å².